The highest BCUT2D eigenvalue weighted by Crippen LogP contribution is 2.13. The van der Waals surface area contributed by atoms with E-state index in [9.17, 15) is 9.59 Å². The molecule has 0 bridgehead atoms. The predicted octanol–water partition coefficient (Wildman–Crippen LogP) is 1.13. The number of carboxylic acid groups (broad SMARTS) is 1. The van der Waals surface area contributed by atoms with E-state index >= 15 is 0 Å². The number of carbonyl (C=O) groups excluding carboxylic acids is 1. The second-order valence-electron chi connectivity index (χ2n) is 5.39. The third kappa shape index (κ3) is 6.26. The van der Waals surface area contributed by atoms with E-state index in [1.54, 1.807) is 13.8 Å². The zero-order valence-corrected chi connectivity index (χ0v) is 11.4. The number of nitrogens with one attached hydrogen (secondary N) is 2. The molecule has 0 aliphatic rings. The number of likely N-dealkylation sites (N-methyl/N-ethyl adjacent to an activating group) is 1. The van der Waals surface area contributed by atoms with E-state index in [0.717, 1.165) is 0 Å². The molecule has 0 aliphatic heterocycles. The largest absolute Gasteiger partial charge is 0.481 e. The molecule has 0 atom stereocenters. The maximum absolute atomic E-state index is 12.0. The second kappa shape index (κ2) is 6.00. The molecule has 0 unspecified atom stereocenters. The van der Waals surface area contributed by atoms with Crippen molar-refractivity contribution in [1.82, 2.24) is 10.6 Å². The number of rotatable bonds is 7. The minimum atomic E-state index is -0.849. The Morgan fingerprint density at radius 3 is 2.12 bits per heavy atom. The van der Waals surface area contributed by atoms with E-state index in [4.69, 9.17) is 5.11 Å². The van der Waals surface area contributed by atoms with Crippen molar-refractivity contribution in [1.29, 1.82) is 0 Å². The first kappa shape index (κ1) is 15.9. The molecule has 0 spiro atoms. The predicted molar refractivity (Wildman–Crippen MR) is 66.8 cm³/mol. The Morgan fingerprint density at radius 1 is 1.18 bits per heavy atom. The fourth-order valence-electron chi connectivity index (χ4n) is 1.47. The molecule has 0 fully saturated rings. The molecule has 0 heterocycles. The van der Waals surface area contributed by atoms with Crippen LogP contribution in [0.1, 0.15) is 47.5 Å². The Balaban J connectivity index is 4.40. The molecule has 5 heteroatoms. The van der Waals surface area contributed by atoms with Crippen LogP contribution in [0.15, 0.2) is 0 Å². The fourth-order valence-corrected chi connectivity index (χ4v) is 1.47. The second-order valence-corrected chi connectivity index (χ2v) is 5.39. The molecule has 5 nitrogen and oxygen atoms in total. The van der Waals surface area contributed by atoms with E-state index < -0.39 is 17.0 Å². The first-order valence-corrected chi connectivity index (χ1v) is 5.90. The zero-order valence-electron chi connectivity index (χ0n) is 11.4. The molecule has 0 aromatic heterocycles. The molecule has 0 aromatic carbocycles. The van der Waals surface area contributed by atoms with Gasteiger partial charge in [-0.3, -0.25) is 9.59 Å². The van der Waals surface area contributed by atoms with E-state index in [1.807, 2.05) is 20.8 Å². The number of carbonyl (C=O) groups is 2. The van der Waals surface area contributed by atoms with Gasteiger partial charge in [0.05, 0.1) is 5.54 Å². The van der Waals surface area contributed by atoms with Crippen molar-refractivity contribution in [2.24, 2.45) is 0 Å². The molecule has 0 saturated heterocycles. The highest BCUT2D eigenvalue weighted by atomic mass is 16.4. The van der Waals surface area contributed by atoms with Crippen molar-refractivity contribution in [3.63, 3.8) is 0 Å². The average molecular weight is 244 g/mol. The van der Waals surface area contributed by atoms with Gasteiger partial charge in [0, 0.05) is 12.0 Å². The van der Waals surface area contributed by atoms with E-state index in [0.29, 0.717) is 13.0 Å². The fraction of sp³-hybridized carbons (Fsp3) is 0.833. The average Bonchev–Trinajstić information content (AvgIpc) is 2.14. The summed E-state index contributed by atoms with van der Waals surface area (Å²) in [5.74, 6) is -0.965. The number of amides is 1. The molecule has 17 heavy (non-hydrogen) atoms. The highest BCUT2D eigenvalue weighted by Gasteiger charge is 2.31. The maximum atomic E-state index is 12.0. The van der Waals surface area contributed by atoms with Crippen LogP contribution >= 0.6 is 0 Å². The van der Waals surface area contributed by atoms with Crippen molar-refractivity contribution in [3.8, 4) is 0 Å². The smallest absolute Gasteiger partial charge is 0.303 e. The van der Waals surface area contributed by atoms with Gasteiger partial charge in [0.25, 0.3) is 0 Å². The van der Waals surface area contributed by atoms with E-state index in [-0.39, 0.29) is 12.3 Å². The highest BCUT2D eigenvalue weighted by molar-refractivity contribution is 5.86. The first-order valence-electron chi connectivity index (χ1n) is 5.90. The molecular weight excluding hydrogens is 220 g/mol. The van der Waals surface area contributed by atoms with Crippen LogP contribution in [0.4, 0.5) is 0 Å². The van der Waals surface area contributed by atoms with Crippen LogP contribution in [0, 0.1) is 0 Å². The quantitative estimate of drug-likeness (QED) is 0.627. The van der Waals surface area contributed by atoms with Crippen LogP contribution in [0.25, 0.3) is 0 Å². The molecule has 0 aromatic rings. The lowest BCUT2D eigenvalue weighted by molar-refractivity contribution is -0.138. The Morgan fingerprint density at radius 2 is 1.71 bits per heavy atom. The molecule has 0 rings (SSSR count). The van der Waals surface area contributed by atoms with Gasteiger partial charge in [-0.1, -0.05) is 6.92 Å². The van der Waals surface area contributed by atoms with Gasteiger partial charge in [-0.15, -0.1) is 0 Å². The van der Waals surface area contributed by atoms with Gasteiger partial charge >= 0.3 is 5.97 Å². The van der Waals surface area contributed by atoms with Gasteiger partial charge in [-0.2, -0.15) is 0 Å². The van der Waals surface area contributed by atoms with Gasteiger partial charge in [-0.25, -0.2) is 0 Å². The SMILES string of the molecule is CCNC(C)(C)C(=O)NC(C)(C)CCC(=O)O. The maximum Gasteiger partial charge on any atom is 0.303 e. The summed E-state index contributed by atoms with van der Waals surface area (Å²) >= 11 is 0. The van der Waals surface area contributed by atoms with Crippen LogP contribution in [0.3, 0.4) is 0 Å². The van der Waals surface area contributed by atoms with Gasteiger partial charge in [-0.05, 0) is 40.7 Å². The third-order valence-corrected chi connectivity index (χ3v) is 2.60. The lowest BCUT2D eigenvalue weighted by atomic mass is 9.95. The van der Waals surface area contributed by atoms with Crippen LogP contribution < -0.4 is 10.6 Å². The van der Waals surface area contributed by atoms with Gasteiger partial charge < -0.3 is 15.7 Å². The molecule has 0 aliphatic carbocycles. The number of aliphatic carboxylic acids is 1. The van der Waals surface area contributed by atoms with E-state index in [1.165, 1.54) is 0 Å². The van der Waals surface area contributed by atoms with Crippen molar-refractivity contribution in [3.05, 3.63) is 0 Å². The lowest BCUT2D eigenvalue weighted by Gasteiger charge is -2.32. The Labute approximate surface area is 103 Å². The van der Waals surface area contributed by atoms with Crippen molar-refractivity contribution in [2.75, 3.05) is 6.54 Å². The summed E-state index contributed by atoms with van der Waals surface area (Å²) in [6.07, 6.45) is 0.463. The summed E-state index contributed by atoms with van der Waals surface area (Å²) in [5, 5.41) is 14.6. The zero-order chi connectivity index (χ0) is 13.7. The monoisotopic (exact) mass is 244 g/mol. The number of hydrogen-bond donors (Lipinski definition) is 3. The summed E-state index contributed by atoms with van der Waals surface area (Å²) in [7, 11) is 0. The Kier molecular flexibility index (Phi) is 5.61. The normalized spacial score (nSPS) is 12.3. The molecular formula is C12H24N2O3. The van der Waals surface area contributed by atoms with Crippen LogP contribution in [-0.4, -0.2) is 34.6 Å². The summed E-state index contributed by atoms with van der Waals surface area (Å²) in [6.45, 7) is 9.91. The summed E-state index contributed by atoms with van der Waals surface area (Å²) < 4.78 is 0. The standard InChI is InChI=1S/C12H24N2O3/c1-6-13-12(4,5)10(17)14-11(2,3)8-7-9(15)16/h13H,6-8H2,1-5H3,(H,14,17)(H,15,16). The Hall–Kier alpha value is -1.10. The summed E-state index contributed by atoms with van der Waals surface area (Å²) in [5.41, 5.74) is -1.16. The topological polar surface area (TPSA) is 78.4 Å². The van der Waals surface area contributed by atoms with Gasteiger partial charge in [0.1, 0.15) is 0 Å². The van der Waals surface area contributed by atoms with Crippen LogP contribution in [0.5, 0.6) is 0 Å². The minimum Gasteiger partial charge on any atom is -0.481 e. The van der Waals surface area contributed by atoms with Crippen molar-refractivity contribution in [2.45, 2.75) is 58.5 Å². The first-order chi connectivity index (χ1) is 7.60. The van der Waals surface area contributed by atoms with Crippen molar-refractivity contribution >= 4 is 11.9 Å². The summed E-state index contributed by atoms with van der Waals surface area (Å²) in [4.78, 5) is 22.5. The molecule has 100 valence electrons. The molecule has 0 radical (unpaired) electrons. The Bertz CT molecular complexity index is 285. The third-order valence-electron chi connectivity index (χ3n) is 2.60. The molecule has 0 saturated carbocycles. The van der Waals surface area contributed by atoms with Crippen LogP contribution in [-0.2, 0) is 9.59 Å². The van der Waals surface area contributed by atoms with Crippen molar-refractivity contribution < 1.29 is 14.7 Å². The number of hydrogen-bond acceptors (Lipinski definition) is 3. The molecule has 3 N–H and O–H groups in total. The van der Waals surface area contributed by atoms with Gasteiger partial charge in [0.15, 0.2) is 0 Å². The minimum absolute atomic E-state index is 0.0505. The summed E-state index contributed by atoms with van der Waals surface area (Å²) in [6, 6.07) is 0. The van der Waals surface area contributed by atoms with Gasteiger partial charge in [0.2, 0.25) is 5.91 Å². The van der Waals surface area contributed by atoms with E-state index in [2.05, 4.69) is 10.6 Å². The number of carboxylic acids is 1. The lowest BCUT2D eigenvalue weighted by Crippen LogP contribution is -2.57. The van der Waals surface area contributed by atoms with Crippen LogP contribution in [0.2, 0.25) is 0 Å². The molecule has 1 amide bonds.